The number of carbonyl (C=O) groups excluding carboxylic acids is 1. The van der Waals surface area contributed by atoms with Crippen molar-refractivity contribution in [3.8, 4) is 17.3 Å². The molecular formula is C27H27N5O3. The minimum Gasteiger partial charge on any atom is -0.478 e. The third kappa shape index (κ3) is 5.06. The summed E-state index contributed by atoms with van der Waals surface area (Å²) in [6.07, 6.45) is 9.01. The fraction of sp³-hybridized carbons (Fsp3) is 0.296. The standard InChI is InChI=1S/C27H27N5O3/c1-2-3-4-5-6-9-16-34-25-15-13-20(18-28-25)26-29-22-17-19(12-14-24(22)35-26)27(33)32-23-11-8-7-10-21(23)30-31-32/h7-8,10-15,17-18H,2-6,9,16H2,1H3. The van der Waals surface area contributed by atoms with E-state index in [2.05, 4.69) is 27.2 Å². The summed E-state index contributed by atoms with van der Waals surface area (Å²) >= 11 is 0. The molecule has 8 nitrogen and oxygen atoms in total. The normalized spacial score (nSPS) is 11.3. The molecule has 0 bridgehead atoms. The number of oxazole rings is 1. The van der Waals surface area contributed by atoms with E-state index in [0.29, 0.717) is 46.1 Å². The first kappa shape index (κ1) is 22.7. The van der Waals surface area contributed by atoms with Crippen molar-refractivity contribution in [3.05, 3.63) is 66.4 Å². The Labute approximate surface area is 202 Å². The summed E-state index contributed by atoms with van der Waals surface area (Å²) in [5, 5.41) is 8.07. The van der Waals surface area contributed by atoms with Gasteiger partial charge in [0.1, 0.15) is 11.0 Å². The number of fused-ring (bicyclic) bond motifs is 2. The van der Waals surface area contributed by atoms with Gasteiger partial charge in [-0.3, -0.25) is 4.79 Å². The number of carbonyl (C=O) groups is 1. The lowest BCUT2D eigenvalue weighted by Crippen LogP contribution is -2.13. The lowest BCUT2D eigenvalue weighted by atomic mass is 10.1. The number of hydrogen-bond acceptors (Lipinski definition) is 7. The summed E-state index contributed by atoms with van der Waals surface area (Å²) in [5.74, 6) is 0.746. The third-order valence-electron chi connectivity index (χ3n) is 5.91. The molecule has 2 aromatic carbocycles. The second kappa shape index (κ2) is 10.5. The second-order valence-corrected chi connectivity index (χ2v) is 8.50. The summed E-state index contributed by atoms with van der Waals surface area (Å²) in [4.78, 5) is 22.0. The van der Waals surface area contributed by atoms with Crippen LogP contribution < -0.4 is 4.74 Å². The molecule has 0 atom stereocenters. The number of nitrogens with zero attached hydrogens (tertiary/aromatic N) is 5. The molecule has 5 aromatic rings. The molecule has 0 radical (unpaired) electrons. The highest BCUT2D eigenvalue weighted by Crippen LogP contribution is 2.26. The predicted molar refractivity (Wildman–Crippen MR) is 133 cm³/mol. The largest absolute Gasteiger partial charge is 0.478 e. The van der Waals surface area contributed by atoms with E-state index in [4.69, 9.17) is 9.15 Å². The molecule has 3 aromatic heterocycles. The topological polar surface area (TPSA) is 95.9 Å². The number of ether oxygens (including phenoxy) is 1. The number of benzene rings is 2. The molecule has 5 rings (SSSR count). The smallest absolute Gasteiger partial charge is 0.280 e. The van der Waals surface area contributed by atoms with Crippen molar-refractivity contribution in [1.82, 2.24) is 25.0 Å². The molecule has 35 heavy (non-hydrogen) atoms. The molecule has 178 valence electrons. The maximum absolute atomic E-state index is 13.0. The molecule has 0 saturated heterocycles. The van der Waals surface area contributed by atoms with Crippen molar-refractivity contribution in [3.63, 3.8) is 0 Å². The fourth-order valence-corrected chi connectivity index (χ4v) is 3.98. The van der Waals surface area contributed by atoms with E-state index >= 15 is 0 Å². The van der Waals surface area contributed by atoms with Crippen LogP contribution in [0.5, 0.6) is 5.88 Å². The molecule has 0 amide bonds. The van der Waals surface area contributed by atoms with Gasteiger partial charge in [-0.2, -0.15) is 4.68 Å². The molecule has 0 spiro atoms. The Hall–Kier alpha value is -4.07. The van der Waals surface area contributed by atoms with Gasteiger partial charge in [-0.25, -0.2) is 9.97 Å². The van der Waals surface area contributed by atoms with Gasteiger partial charge >= 0.3 is 0 Å². The molecular weight excluding hydrogens is 442 g/mol. The number of pyridine rings is 1. The number of hydrogen-bond donors (Lipinski definition) is 0. The molecule has 0 saturated carbocycles. The monoisotopic (exact) mass is 469 g/mol. The first-order chi connectivity index (χ1) is 17.2. The molecule has 8 heteroatoms. The highest BCUT2D eigenvalue weighted by molar-refractivity contribution is 6.02. The van der Waals surface area contributed by atoms with Crippen LogP contribution >= 0.6 is 0 Å². The first-order valence-corrected chi connectivity index (χ1v) is 12.1. The fourth-order valence-electron chi connectivity index (χ4n) is 3.98. The molecule has 0 N–H and O–H groups in total. The zero-order chi connectivity index (χ0) is 24.0. The van der Waals surface area contributed by atoms with Crippen molar-refractivity contribution in [2.24, 2.45) is 0 Å². The number of aromatic nitrogens is 5. The van der Waals surface area contributed by atoms with Gasteiger partial charge in [0.15, 0.2) is 5.58 Å². The number of para-hydroxylation sites is 1. The predicted octanol–water partition coefficient (Wildman–Crippen LogP) is 6.06. The highest BCUT2D eigenvalue weighted by Gasteiger charge is 2.16. The Morgan fingerprint density at radius 2 is 1.83 bits per heavy atom. The Bertz CT molecular complexity index is 1440. The van der Waals surface area contributed by atoms with Crippen LogP contribution in [0.1, 0.15) is 55.8 Å². The Balaban J connectivity index is 1.26. The van der Waals surface area contributed by atoms with Gasteiger partial charge in [0.25, 0.3) is 5.91 Å². The number of unbranched alkanes of at least 4 members (excludes halogenated alkanes) is 5. The van der Waals surface area contributed by atoms with E-state index in [1.54, 1.807) is 24.4 Å². The van der Waals surface area contributed by atoms with Crippen LogP contribution in [0, 0.1) is 0 Å². The van der Waals surface area contributed by atoms with Crippen molar-refractivity contribution >= 4 is 28.0 Å². The lowest BCUT2D eigenvalue weighted by Gasteiger charge is -2.05. The quantitative estimate of drug-likeness (QED) is 0.229. The van der Waals surface area contributed by atoms with Gasteiger partial charge in [0.05, 0.1) is 17.7 Å². The minimum absolute atomic E-state index is 0.279. The van der Waals surface area contributed by atoms with Gasteiger partial charge in [0, 0.05) is 17.8 Å². The number of rotatable bonds is 10. The van der Waals surface area contributed by atoms with Crippen LogP contribution in [0.15, 0.2) is 65.2 Å². The average molecular weight is 470 g/mol. The van der Waals surface area contributed by atoms with Gasteiger partial charge < -0.3 is 9.15 Å². The van der Waals surface area contributed by atoms with Gasteiger partial charge in [0.2, 0.25) is 11.8 Å². The van der Waals surface area contributed by atoms with E-state index < -0.39 is 0 Å². The van der Waals surface area contributed by atoms with Crippen molar-refractivity contribution in [2.75, 3.05) is 6.61 Å². The Kier molecular flexibility index (Phi) is 6.79. The highest BCUT2D eigenvalue weighted by atomic mass is 16.5. The molecule has 3 heterocycles. The maximum Gasteiger partial charge on any atom is 0.280 e. The third-order valence-corrected chi connectivity index (χ3v) is 5.91. The van der Waals surface area contributed by atoms with E-state index in [1.165, 1.54) is 36.8 Å². The lowest BCUT2D eigenvalue weighted by molar-refractivity contribution is 0.0948. The van der Waals surface area contributed by atoms with E-state index in [1.807, 2.05) is 36.4 Å². The molecule has 0 aliphatic rings. The summed E-state index contributed by atoms with van der Waals surface area (Å²) in [5.41, 5.74) is 3.68. The van der Waals surface area contributed by atoms with E-state index in [9.17, 15) is 4.79 Å². The Morgan fingerprint density at radius 3 is 2.69 bits per heavy atom. The minimum atomic E-state index is -0.279. The van der Waals surface area contributed by atoms with Crippen molar-refractivity contribution in [1.29, 1.82) is 0 Å². The van der Waals surface area contributed by atoms with E-state index in [0.717, 1.165) is 12.0 Å². The molecule has 0 unspecified atom stereocenters. The molecule has 0 fully saturated rings. The van der Waals surface area contributed by atoms with Crippen LogP contribution in [-0.4, -0.2) is 37.5 Å². The van der Waals surface area contributed by atoms with Crippen LogP contribution in [-0.2, 0) is 0 Å². The summed E-state index contributed by atoms with van der Waals surface area (Å²) < 4.78 is 13.0. The zero-order valence-corrected chi connectivity index (χ0v) is 19.7. The first-order valence-electron chi connectivity index (χ1n) is 12.1. The SMILES string of the molecule is CCCCCCCCOc1ccc(-c2nc3cc(C(=O)n4nnc5ccccc54)ccc3o2)cn1. The van der Waals surface area contributed by atoms with Crippen molar-refractivity contribution in [2.45, 2.75) is 45.4 Å². The summed E-state index contributed by atoms with van der Waals surface area (Å²) in [6.45, 7) is 2.89. The molecule has 0 aliphatic heterocycles. The zero-order valence-electron chi connectivity index (χ0n) is 19.7. The van der Waals surface area contributed by atoms with Crippen molar-refractivity contribution < 1.29 is 13.9 Å². The average Bonchev–Trinajstić information content (AvgIpc) is 3.52. The summed E-state index contributed by atoms with van der Waals surface area (Å²) in [7, 11) is 0. The van der Waals surface area contributed by atoms with Gasteiger partial charge in [-0.1, -0.05) is 56.4 Å². The van der Waals surface area contributed by atoms with Crippen LogP contribution in [0.3, 0.4) is 0 Å². The van der Waals surface area contributed by atoms with Crippen LogP contribution in [0.4, 0.5) is 0 Å². The van der Waals surface area contributed by atoms with Crippen LogP contribution in [0.2, 0.25) is 0 Å². The van der Waals surface area contributed by atoms with E-state index in [-0.39, 0.29) is 5.91 Å². The van der Waals surface area contributed by atoms with Gasteiger partial charge in [-0.15, -0.1) is 5.10 Å². The Morgan fingerprint density at radius 1 is 0.971 bits per heavy atom. The maximum atomic E-state index is 13.0. The summed E-state index contributed by atoms with van der Waals surface area (Å²) in [6, 6.07) is 16.2. The van der Waals surface area contributed by atoms with Gasteiger partial charge in [-0.05, 0) is 42.8 Å². The molecule has 0 aliphatic carbocycles. The van der Waals surface area contributed by atoms with Crippen LogP contribution in [0.25, 0.3) is 33.6 Å². The second-order valence-electron chi connectivity index (χ2n) is 8.50.